The van der Waals surface area contributed by atoms with Crippen molar-refractivity contribution in [3.63, 3.8) is 0 Å². The molecule has 1 heterocycles. The Bertz CT molecular complexity index is 610. The summed E-state index contributed by atoms with van der Waals surface area (Å²) in [5, 5.41) is 3.48. The number of methoxy groups -OCH3 is 1. The number of benzene rings is 2. The molecular weight excluding hydrogens is 262 g/mol. The van der Waals surface area contributed by atoms with E-state index in [-0.39, 0.29) is 0 Å². The summed E-state index contributed by atoms with van der Waals surface area (Å²) in [7, 11) is 1.68. The van der Waals surface area contributed by atoms with Crippen LogP contribution in [0.2, 0.25) is 0 Å². The van der Waals surface area contributed by atoms with Crippen molar-refractivity contribution < 1.29 is 9.47 Å². The molecule has 0 saturated carbocycles. The topological polar surface area (TPSA) is 30.5 Å². The van der Waals surface area contributed by atoms with Gasteiger partial charge in [-0.3, -0.25) is 0 Å². The van der Waals surface area contributed by atoms with Crippen molar-refractivity contribution in [2.45, 2.75) is 12.8 Å². The van der Waals surface area contributed by atoms with Gasteiger partial charge in [-0.1, -0.05) is 30.3 Å². The van der Waals surface area contributed by atoms with Gasteiger partial charge in [0.05, 0.1) is 6.61 Å². The van der Waals surface area contributed by atoms with E-state index in [4.69, 9.17) is 9.47 Å². The summed E-state index contributed by atoms with van der Waals surface area (Å²) < 4.78 is 10.9. The number of ether oxygens (including phenoxy) is 2. The maximum atomic E-state index is 5.83. The van der Waals surface area contributed by atoms with Crippen LogP contribution in [0.4, 0.5) is 5.69 Å². The van der Waals surface area contributed by atoms with Crippen LogP contribution in [0.5, 0.6) is 5.75 Å². The number of nitrogens with one attached hydrogen (secondary N) is 1. The lowest BCUT2D eigenvalue weighted by atomic mass is 9.97. The maximum Gasteiger partial charge on any atom is 0.127 e. The van der Waals surface area contributed by atoms with Crippen LogP contribution in [0.15, 0.2) is 42.5 Å². The predicted molar refractivity (Wildman–Crippen MR) is 86.1 cm³/mol. The molecule has 3 nitrogen and oxygen atoms in total. The molecule has 1 aliphatic rings. The van der Waals surface area contributed by atoms with Gasteiger partial charge in [0, 0.05) is 24.9 Å². The molecule has 3 heteroatoms. The molecule has 0 unspecified atom stereocenters. The molecule has 0 amide bonds. The van der Waals surface area contributed by atoms with Crippen molar-refractivity contribution in [1.82, 2.24) is 0 Å². The molecule has 2 aromatic carbocycles. The predicted octanol–water partition coefficient (Wildman–Crippen LogP) is 3.74. The third-order valence-electron chi connectivity index (χ3n) is 3.79. The Kier molecular flexibility index (Phi) is 4.41. The number of anilines is 1. The third kappa shape index (κ3) is 3.19. The van der Waals surface area contributed by atoms with Crippen molar-refractivity contribution in [1.29, 1.82) is 0 Å². The highest BCUT2D eigenvalue weighted by Gasteiger charge is 2.11. The normalized spacial score (nSPS) is 13.4. The second kappa shape index (κ2) is 6.64. The lowest BCUT2D eigenvalue weighted by Crippen LogP contribution is -2.11. The van der Waals surface area contributed by atoms with Gasteiger partial charge in [-0.05, 0) is 36.1 Å². The van der Waals surface area contributed by atoms with E-state index in [1.165, 1.54) is 23.2 Å². The van der Waals surface area contributed by atoms with Crippen LogP contribution in [0.3, 0.4) is 0 Å². The minimum Gasteiger partial charge on any atom is -0.491 e. The molecule has 0 aromatic heterocycles. The molecule has 0 saturated heterocycles. The van der Waals surface area contributed by atoms with Crippen LogP contribution in [0.25, 0.3) is 11.1 Å². The second-order valence-corrected chi connectivity index (χ2v) is 5.24. The summed E-state index contributed by atoms with van der Waals surface area (Å²) in [6.45, 7) is 2.22. The van der Waals surface area contributed by atoms with Crippen molar-refractivity contribution in [2.75, 3.05) is 32.2 Å². The summed E-state index contributed by atoms with van der Waals surface area (Å²) >= 11 is 0. The van der Waals surface area contributed by atoms with Crippen LogP contribution in [-0.2, 0) is 11.2 Å². The van der Waals surface area contributed by atoms with E-state index in [9.17, 15) is 0 Å². The Morgan fingerprint density at radius 3 is 2.90 bits per heavy atom. The molecule has 1 N–H and O–H groups in total. The minimum absolute atomic E-state index is 0.566. The van der Waals surface area contributed by atoms with Crippen LogP contribution >= 0.6 is 0 Å². The molecular formula is C18H21NO2. The Balaban J connectivity index is 1.89. The number of para-hydroxylation sites is 1. The lowest BCUT2D eigenvalue weighted by Gasteiger charge is -2.19. The number of fused-ring (bicyclic) bond motifs is 1. The molecule has 0 bridgehead atoms. The van der Waals surface area contributed by atoms with E-state index in [1.54, 1.807) is 7.11 Å². The van der Waals surface area contributed by atoms with Gasteiger partial charge in [-0.2, -0.15) is 0 Å². The molecule has 3 rings (SSSR count). The zero-order valence-electron chi connectivity index (χ0n) is 12.4. The quantitative estimate of drug-likeness (QED) is 0.848. The monoisotopic (exact) mass is 283 g/mol. The highest BCUT2D eigenvalue weighted by atomic mass is 16.5. The van der Waals surface area contributed by atoms with Gasteiger partial charge in [0.1, 0.15) is 12.4 Å². The smallest absolute Gasteiger partial charge is 0.127 e. The summed E-state index contributed by atoms with van der Waals surface area (Å²) in [5.74, 6) is 0.908. The average Bonchev–Trinajstić information content (AvgIpc) is 2.55. The molecule has 0 radical (unpaired) electrons. The zero-order chi connectivity index (χ0) is 14.5. The van der Waals surface area contributed by atoms with Gasteiger partial charge in [-0.25, -0.2) is 0 Å². The van der Waals surface area contributed by atoms with Crippen molar-refractivity contribution >= 4 is 5.69 Å². The summed E-state index contributed by atoms with van der Waals surface area (Å²) in [6.07, 6.45) is 2.37. The van der Waals surface area contributed by atoms with Gasteiger partial charge in [0.2, 0.25) is 0 Å². The fraction of sp³-hybridized carbons (Fsp3) is 0.333. The van der Waals surface area contributed by atoms with Crippen LogP contribution < -0.4 is 10.1 Å². The average molecular weight is 283 g/mol. The van der Waals surface area contributed by atoms with Crippen LogP contribution in [0, 0.1) is 0 Å². The SMILES string of the molecule is COCCOc1ccccc1-c1ccc2c(c1)NCCC2. The standard InChI is InChI=1S/C18H21NO2/c1-20-11-12-21-18-7-3-2-6-16(18)15-9-8-14-5-4-10-19-17(14)13-15/h2-3,6-9,13,19H,4-5,10-12H2,1H3. The summed E-state index contributed by atoms with van der Waals surface area (Å²) in [4.78, 5) is 0. The van der Waals surface area contributed by atoms with Crippen molar-refractivity contribution in [3.8, 4) is 16.9 Å². The molecule has 0 fully saturated rings. The number of aryl methyl sites for hydroxylation is 1. The molecule has 1 aliphatic heterocycles. The lowest BCUT2D eigenvalue weighted by molar-refractivity contribution is 0.146. The fourth-order valence-electron chi connectivity index (χ4n) is 2.69. The van der Waals surface area contributed by atoms with E-state index >= 15 is 0 Å². The fourth-order valence-corrected chi connectivity index (χ4v) is 2.69. The number of rotatable bonds is 5. The zero-order valence-corrected chi connectivity index (χ0v) is 12.4. The van der Waals surface area contributed by atoms with Gasteiger partial charge >= 0.3 is 0 Å². The first-order chi connectivity index (χ1) is 10.4. The van der Waals surface area contributed by atoms with Crippen LogP contribution in [-0.4, -0.2) is 26.9 Å². The van der Waals surface area contributed by atoms with E-state index in [1.807, 2.05) is 18.2 Å². The molecule has 0 atom stereocenters. The van der Waals surface area contributed by atoms with Crippen molar-refractivity contribution in [2.24, 2.45) is 0 Å². The van der Waals surface area contributed by atoms with Crippen molar-refractivity contribution in [3.05, 3.63) is 48.0 Å². The second-order valence-electron chi connectivity index (χ2n) is 5.24. The van der Waals surface area contributed by atoms with Gasteiger partial charge in [0.25, 0.3) is 0 Å². The molecule has 0 spiro atoms. The first-order valence-corrected chi connectivity index (χ1v) is 7.46. The third-order valence-corrected chi connectivity index (χ3v) is 3.79. The Labute approximate surface area is 125 Å². The van der Waals surface area contributed by atoms with E-state index < -0.39 is 0 Å². The largest absolute Gasteiger partial charge is 0.491 e. The Morgan fingerprint density at radius 2 is 2.00 bits per heavy atom. The summed E-state index contributed by atoms with van der Waals surface area (Å²) in [5.41, 5.74) is 4.98. The first-order valence-electron chi connectivity index (χ1n) is 7.46. The van der Waals surface area contributed by atoms with E-state index in [0.717, 1.165) is 24.3 Å². The van der Waals surface area contributed by atoms with E-state index in [0.29, 0.717) is 13.2 Å². The van der Waals surface area contributed by atoms with E-state index in [2.05, 4.69) is 29.6 Å². The number of hydrogen-bond acceptors (Lipinski definition) is 3. The maximum absolute atomic E-state index is 5.83. The van der Waals surface area contributed by atoms with Gasteiger partial charge < -0.3 is 14.8 Å². The minimum atomic E-state index is 0.566. The molecule has 110 valence electrons. The first kappa shape index (κ1) is 14.0. The van der Waals surface area contributed by atoms with Gasteiger partial charge in [-0.15, -0.1) is 0 Å². The number of hydrogen-bond donors (Lipinski definition) is 1. The highest BCUT2D eigenvalue weighted by Crippen LogP contribution is 2.33. The Morgan fingerprint density at radius 1 is 1.10 bits per heavy atom. The van der Waals surface area contributed by atoms with Gasteiger partial charge in [0.15, 0.2) is 0 Å². The Hall–Kier alpha value is -2.00. The molecule has 2 aromatic rings. The molecule has 21 heavy (non-hydrogen) atoms. The van der Waals surface area contributed by atoms with Crippen LogP contribution in [0.1, 0.15) is 12.0 Å². The highest BCUT2D eigenvalue weighted by molar-refractivity contribution is 5.75. The molecule has 0 aliphatic carbocycles. The summed E-state index contributed by atoms with van der Waals surface area (Å²) in [6, 6.07) is 14.8.